The Morgan fingerprint density at radius 2 is 1.80 bits per heavy atom. The Labute approximate surface area is 245 Å². The van der Waals surface area contributed by atoms with E-state index in [1.165, 1.54) is 6.08 Å². The van der Waals surface area contributed by atoms with Crippen molar-refractivity contribution in [3.05, 3.63) is 77.1 Å². The second-order valence-electron chi connectivity index (χ2n) is 11.4. The number of carbonyl (C=O) groups excluding carboxylic acids is 2. The fourth-order valence-electron chi connectivity index (χ4n) is 5.28. The molecule has 3 heterocycles. The average Bonchev–Trinajstić information content (AvgIpc) is 3.34. The lowest BCUT2D eigenvalue weighted by molar-refractivity contribution is -0.115. The van der Waals surface area contributed by atoms with Gasteiger partial charge < -0.3 is 24.8 Å². The highest BCUT2D eigenvalue weighted by atomic mass is 35.5. The summed E-state index contributed by atoms with van der Waals surface area (Å²) in [5.41, 5.74) is 7.22. The average molecular weight is 574 g/mol. The highest BCUT2D eigenvalue weighted by Crippen LogP contribution is 2.42. The monoisotopic (exact) mass is 573 g/mol. The first-order valence-corrected chi connectivity index (χ1v) is 14.3. The minimum Gasteiger partial charge on any atom is -0.444 e. The van der Waals surface area contributed by atoms with Crippen LogP contribution < -0.4 is 10.2 Å². The van der Waals surface area contributed by atoms with Gasteiger partial charge in [-0.15, -0.1) is 0 Å². The van der Waals surface area contributed by atoms with Crippen molar-refractivity contribution in [2.45, 2.75) is 46.1 Å². The SMILES string of the molecule is C=CC(=O)NC1=C(C)CCC(c2c(-c3ccc(N4CCN(C(=O)OC(C)(C)C)CC4)cc3)[nH]c3nccc(Cl)c23)=C1. The number of carbonyl (C=O) groups is 2. The normalized spacial score (nSPS) is 16.1. The van der Waals surface area contributed by atoms with Crippen LogP contribution in [0.15, 0.2) is 66.5 Å². The number of allylic oxidation sites excluding steroid dienone is 3. The van der Waals surface area contributed by atoms with Crippen LogP contribution in [0.1, 0.15) is 46.1 Å². The number of hydrogen-bond acceptors (Lipinski definition) is 5. The first-order chi connectivity index (χ1) is 19.5. The molecule has 2 N–H and O–H groups in total. The summed E-state index contributed by atoms with van der Waals surface area (Å²) in [6.07, 6.45) is 6.37. The van der Waals surface area contributed by atoms with Crippen molar-refractivity contribution < 1.29 is 14.3 Å². The molecule has 0 atom stereocenters. The van der Waals surface area contributed by atoms with Crippen LogP contribution in [-0.2, 0) is 9.53 Å². The summed E-state index contributed by atoms with van der Waals surface area (Å²) in [6.45, 7) is 13.9. The van der Waals surface area contributed by atoms with E-state index in [0.717, 1.165) is 70.7 Å². The number of nitrogens with one attached hydrogen (secondary N) is 2. The number of nitrogens with zero attached hydrogens (tertiary/aromatic N) is 3. The fourth-order valence-corrected chi connectivity index (χ4v) is 5.52. The van der Waals surface area contributed by atoms with Gasteiger partial charge in [0, 0.05) is 54.7 Å². The first kappa shape index (κ1) is 28.5. The van der Waals surface area contributed by atoms with Crippen LogP contribution in [0.4, 0.5) is 10.5 Å². The van der Waals surface area contributed by atoms with Crippen LogP contribution in [0.3, 0.4) is 0 Å². The van der Waals surface area contributed by atoms with E-state index in [1.54, 1.807) is 17.2 Å². The highest BCUT2D eigenvalue weighted by Gasteiger charge is 2.27. The maximum Gasteiger partial charge on any atom is 0.410 e. The Bertz CT molecular complexity index is 1550. The van der Waals surface area contributed by atoms with Crippen LogP contribution in [-0.4, -0.2) is 58.6 Å². The topological polar surface area (TPSA) is 90.6 Å². The number of H-pyrrole nitrogens is 1. The first-order valence-electron chi connectivity index (χ1n) is 13.9. The summed E-state index contributed by atoms with van der Waals surface area (Å²) in [5.74, 6) is -0.238. The minimum absolute atomic E-state index is 0.238. The second-order valence-corrected chi connectivity index (χ2v) is 11.9. The number of piperazine rings is 1. The highest BCUT2D eigenvalue weighted by molar-refractivity contribution is 6.36. The van der Waals surface area contributed by atoms with Crippen molar-refractivity contribution in [1.29, 1.82) is 0 Å². The third-order valence-corrected chi connectivity index (χ3v) is 7.72. The summed E-state index contributed by atoms with van der Waals surface area (Å²) in [5, 5.41) is 4.43. The van der Waals surface area contributed by atoms with Crippen LogP contribution in [0.2, 0.25) is 5.02 Å². The van der Waals surface area contributed by atoms with E-state index in [0.29, 0.717) is 23.8 Å². The molecule has 3 aromatic rings. The Balaban J connectivity index is 1.43. The van der Waals surface area contributed by atoms with Gasteiger partial charge in [-0.1, -0.05) is 30.3 Å². The van der Waals surface area contributed by atoms with Crippen LogP contribution >= 0.6 is 11.6 Å². The zero-order valence-electron chi connectivity index (χ0n) is 24.0. The molecule has 5 rings (SSSR count). The van der Waals surface area contributed by atoms with Crippen LogP contribution in [0.25, 0.3) is 27.9 Å². The molecule has 2 amide bonds. The maximum absolute atomic E-state index is 12.5. The van der Waals surface area contributed by atoms with Gasteiger partial charge in [-0.05, 0) is 87.6 Å². The number of aromatic amines is 1. The van der Waals surface area contributed by atoms with Crippen LogP contribution in [0.5, 0.6) is 0 Å². The maximum atomic E-state index is 12.5. The van der Waals surface area contributed by atoms with Crippen molar-refractivity contribution in [2.24, 2.45) is 0 Å². The molecule has 0 radical (unpaired) electrons. The van der Waals surface area contributed by atoms with Gasteiger partial charge >= 0.3 is 6.09 Å². The van der Waals surface area contributed by atoms with E-state index in [4.69, 9.17) is 16.3 Å². The van der Waals surface area contributed by atoms with E-state index in [9.17, 15) is 9.59 Å². The predicted octanol–water partition coefficient (Wildman–Crippen LogP) is 6.69. The molecular formula is C32H36ClN5O3. The summed E-state index contributed by atoms with van der Waals surface area (Å²) < 4.78 is 5.53. The number of hydrogen-bond donors (Lipinski definition) is 2. The van der Waals surface area contributed by atoms with Crippen LogP contribution in [0, 0.1) is 0 Å². The number of pyridine rings is 1. The molecule has 0 saturated carbocycles. The number of rotatable bonds is 5. The molecule has 0 unspecified atom stereocenters. The van der Waals surface area contributed by atoms with E-state index in [1.807, 2.05) is 33.8 Å². The Hall–Kier alpha value is -4.04. The van der Waals surface area contributed by atoms with E-state index in [2.05, 4.69) is 51.0 Å². The largest absolute Gasteiger partial charge is 0.444 e. The molecule has 2 aromatic heterocycles. The number of aromatic nitrogens is 2. The minimum atomic E-state index is -0.505. The standard InChI is InChI=1S/C32H36ClN5O3/c1-6-26(39)35-25-19-22(8-7-20(25)2)27-28-24(33)13-14-34-30(28)36-29(27)21-9-11-23(12-10-21)37-15-17-38(18-16-37)31(40)41-32(3,4)5/h6,9-14,19H,1,7-8,15-18H2,2-5H3,(H,34,36)(H,35,39). The summed E-state index contributed by atoms with van der Waals surface area (Å²) in [6, 6.07) is 10.2. The van der Waals surface area contributed by atoms with Gasteiger partial charge in [-0.3, -0.25) is 4.79 Å². The van der Waals surface area contributed by atoms with Crippen molar-refractivity contribution in [3.63, 3.8) is 0 Å². The van der Waals surface area contributed by atoms with Gasteiger partial charge in [0.15, 0.2) is 0 Å². The lowest BCUT2D eigenvalue weighted by Gasteiger charge is -2.36. The van der Waals surface area contributed by atoms with Gasteiger partial charge in [0.05, 0.1) is 10.7 Å². The molecule has 214 valence electrons. The molecule has 2 aliphatic rings. The molecule has 41 heavy (non-hydrogen) atoms. The molecule has 1 aromatic carbocycles. The lowest BCUT2D eigenvalue weighted by atomic mass is 9.89. The Morgan fingerprint density at radius 1 is 1.10 bits per heavy atom. The zero-order valence-corrected chi connectivity index (χ0v) is 24.8. The van der Waals surface area contributed by atoms with Crippen molar-refractivity contribution in [1.82, 2.24) is 20.2 Å². The second kappa shape index (κ2) is 11.4. The Morgan fingerprint density at radius 3 is 2.46 bits per heavy atom. The van der Waals surface area contributed by atoms with Gasteiger partial charge in [-0.25, -0.2) is 9.78 Å². The smallest absolute Gasteiger partial charge is 0.410 e. The molecule has 9 heteroatoms. The molecule has 1 saturated heterocycles. The van der Waals surface area contributed by atoms with Gasteiger partial charge in [0.2, 0.25) is 5.91 Å². The van der Waals surface area contributed by atoms with Gasteiger partial charge in [-0.2, -0.15) is 0 Å². The van der Waals surface area contributed by atoms with Gasteiger partial charge in [0.25, 0.3) is 0 Å². The molecule has 0 spiro atoms. The summed E-state index contributed by atoms with van der Waals surface area (Å²) in [7, 11) is 0. The molecule has 1 aliphatic carbocycles. The predicted molar refractivity (Wildman–Crippen MR) is 165 cm³/mol. The number of benzene rings is 1. The van der Waals surface area contributed by atoms with Crippen molar-refractivity contribution in [2.75, 3.05) is 31.1 Å². The van der Waals surface area contributed by atoms with E-state index in [-0.39, 0.29) is 12.0 Å². The number of anilines is 1. The van der Waals surface area contributed by atoms with Crippen molar-refractivity contribution >= 4 is 45.9 Å². The number of fused-ring (bicyclic) bond motifs is 1. The third-order valence-electron chi connectivity index (χ3n) is 7.41. The van der Waals surface area contributed by atoms with E-state index >= 15 is 0 Å². The Kier molecular flexibility index (Phi) is 7.95. The van der Waals surface area contributed by atoms with Gasteiger partial charge in [0.1, 0.15) is 11.2 Å². The number of halogens is 1. The summed E-state index contributed by atoms with van der Waals surface area (Å²) >= 11 is 6.72. The molecule has 1 aliphatic heterocycles. The number of ether oxygens (including phenoxy) is 1. The molecule has 1 fully saturated rings. The fraction of sp³-hybridized carbons (Fsp3) is 0.344. The quantitative estimate of drug-likeness (QED) is 0.332. The molecular weight excluding hydrogens is 538 g/mol. The lowest BCUT2D eigenvalue weighted by Crippen LogP contribution is -2.50. The van der Waals surface area contributed by atoms with E-state index < -0.39 is 5.60 Å². The van der Waals surface area contributed by atoms with Crippen molar-refractivity contribution in [3.8, 4) is 11.3 Å². The third kappa shape index (κ3) is 6.17. The molecule has 8 nitrogen and oxygen atoms in total. The molecule has 0 bridgehead atoms. The number of amides is 2. The summed E-state index contributed by atoms with van der Waals surface area (Å²) in [4.78, 5) is 36.7. The zero-order chi connectivity index (χ0) is 29.3.